The third-order valence-electron chi connectivity index (χ3n) is 4.46. The summed E-state index contributed by atoms with van der Waals surface area (Å²) in [5.74, 6) is 0.993. The fourth-order valence-electron chi connectivity index (χ4n) is 2.81. The standard InChI is InChI=1S/C18H26N2O/c1-18(14-19,20-2)11-5-6-12-21-17-10-9-15-7-3-4-8-16(15)13-17/h9-10,13,20H,3-8,11-12H2,1-2H3. The largest absolute Gasteiger partial charge is 0.494 e. The first-order chi connectivity index (χ1) is 10.2. The van der Waals surface area contributed by atoms with Crippen molar-refractivity contribution in [1.29, 1.82) is 5.26 Å². The summed E-state index contributed by atoms with van der Waals surface area (Å²) in [6.07, 6.45) is 7.85. The van der Waals surface area contributed by atoms with Gasteiger partial charge < -0.3 is 10.1 Å². The second-order valence-electron chi connectivity index (χ2n) is 6.14. The summed E-state index contributed by atoms with van der Waals surface area (Å²) in [6.45, 7) is 2.67. The SMILES string of the molecule is CNC(C)(C#N)CCCCOc1ccc2c(c1)CCCC2. The Morgan fingerprint density at radius 2 is 2.00 bits per heavy atom. The van der Waals surface area contributed by atoms with Gasteiger partial charge in [-0.3, -0.25) is 0 Å². The van der Waals surface area contributed by atoms with Crippen molar-refractivity contribution in [2.45, 2.75) is 57.4 Å². The number of hydrogen-bond acceptors (Lipinski definition) is 3. The summed E-state index contributed by atoms with van der Waals surface area (Å²) in [5.41, 5.74) is 2.55. The number of benzene rings is 1. The van der Waals surface area contributed by atoms with Crippen LogP contribution in [0.15, 0.2) is 18.2 Å². The molecule has 0 aliphatic heterocycles. The summed E-state index contributed by atoms with van der Waals surface area (Å²) < 4.78 is 5.85. The number of ether oxygens (including phenoxy) is 1. The Morgan fingerprint density at radius 3 is 2.71 bits per heavy atom. The lowest BCUT2D eigenvalue weighted by atomic mass is 9.92. The van der Waals surface area contributed by atoms with Crippen LogP contribution >= 0.6 is 0 Å². The molecular formula is C18H26N2O. The minimum Gasteiger partial charge on any atom is -0.494 e. The molecule has 1 unspecified atom stereocenters. The molecule has 3 heteroatoms. The van der Waals surface area contributed by atoms with E-state index >= 15 is 0 Å². The number of rotatable bonds is 7. The Bertz CT molecular complexity index is 506. The van der Waals surface area contributed by atoms with Gasteiger partial charge in [0.05, 0.1) is 12.7 Å². The average molecular weight is 286 g/mol. The highest BCUT2D eigenvalue weighted by molar-refractivity contribution is 5.37. The molecule has 1 aromatic carbocycles. The number of fused-ring (bicyclic) bond motifs is 1. The third-order valence-corrected chi connectivity index (χ3v) is 4.46. The van der Waals surface area contributed by atoms with E-state index in [1.165, 1.54) is 36.8 Å². The van der Waals surface area contributed by atoms with Crippen molar-refractivity contribution in [2.24, 2.45) is 0 Å². The molecule has 0 radical (unpaired) electrons. The zero-order chi connectivity index (χ0) is 15.1. The lowest BCUT2D eigenvalue weighted by Crippen LogP contribution is -2.37. The molecule has 1 aliphatic carbocycles. The summed E-state index contributed by atoms with van der Waals surface area (Å²) in [4.78, 5) is 0. The number of aryl methyl sites for hydroxylation is 2. The number of unbranched alkanes of at least 4 members (excludes halogenated alkanes) is 1. The normalized spacial score (nSPS) is 16.6. The second kappa shape index (κ2) is 7.47. The van der Waals surface area contributed by atoms with Gasteiger partial charge in [-0.15, -0.1) is 0 Å². The molecule has 0 heterocycles. The van der Waals surface area contributed by atoms with Crippen molar-refractivity contribution in [2.75, 3.05) is 13.7 Å². The Balaban J connectivity index is 1.73. The van der Waals surface area contributed by atoms with Crippen LogP contribution < -0.4 is 10.1 Å². The summed E-state index contributed by atoms with van der Waals surface area (Å²) in [7, 11) is 1.84. The summed E-state index contributed by atoms with van der Waals surface area (Å²) >= 11 is 0. The van der Waals surface area contributed by atoms with Crippen LogP contribution in [-0.2, 0) is 12.8 Å². The fourth-order valence-corrected chi connectivity index (χ4v) is 2.81. The lowest BCUT2D eigenvalue weighted by molar-refractivity contribution is 0.297. The highest BCUT2D eigenvalue weighted by atomic mass is 16.5. The van der Waals surface area contributed by atoms with Crippen molar-refractivity contribution in [3.8, 4) is 11.8 Å². The van der Waals surface area contributed by atoms with Crippen LogP contribution in [0.1, 0.15) is 50.2 Å². The van der Waals surface area contributed by atoms with Crippen LogP contribution in [0.25, 0.3) is 0 Å². The van der Waals surface area contributed by atoms with E-state index in [4.69, 9.17) is 10.00 Å². The van der Waals surface area contributed by atoms with E-state index in [9.17, 15) is 0 Å². The number of nitrogens with zero attached hydrogens (tertiary/aromatic N) is 1. The van der Waals surface area contributed by atoms with Crippen molar-refractivity contribution >= 4 is 0 Å². The Kier molecular flexibility index (Phi) is 5.64. The summed E-state index contributed by atoms with van der Waals surface area (Å²) in [5, 5.41) is 12.2. The van der Waals surface area contributed by atoms with E-state index in [0.717, 1.165) is 31.6 Å². The first-order valence-electron chi connectivity index (χ1n) is 8.02. The van der Waals surface area contributed by atoms with Crippen LogP contribution in [0.4, 0.5) is 0 Å². The van der Waals surface area contributed by atoms with E-state index in [1.807, 2.05) is 14.0 Å². The molecule has 0 saturated heterocycles. The maximum absolute atomic E-state index is 9.09. The number of hydrogen-bond donors (Lipinski definition) is 1. The van der Waals surface area contributed by atoms with E-state index in [0.29, 0.717) is 0 Å². The van der Waals surface area contributed by atoms with Gasteiger partial charge in [-0.05, 0) is 82.2 Å². The van der Waals surface area contributed by atoms with Gasteiger partial charge in [0.1, 0.15) is 11.3 Å². The molecule has 3 nitrogen and oxygen atoms in total. The predicted octanol–water partition coefficient (Wildman–Crippen LogP) is 3.62. The van der Waals surface area contributed by atoms with Gasteiger partial charge in [-0.25, -0.2) is 0 Å². The molecule has 0 aromatic heterocycles. The quantitative estimate of drug-likeness (QED) is 0.779. The molecule has 1 aliphatic rings. The molecular weight excluding hydrogens is 260 g/mol. The molecule has 0 spiro atoms. The second-order valence-corrected chi connectivity index (χ2v) is 6.14. The number of nitriles is 1. The van der Waals surface area contributed by atoms with Crippen molar-refractivity contribution in [1.82, 2.24) is 5.32 Å². The van der Waals surface area contributed by atoms with Crippen molar-refractivity contribution in [3.63, 3.8) is 0 Å². The maximum Gasteiger partial charge on any atom is 0.119 e. The van der Waals surface area contributed by atoms with Crippen molar-refractivity contribution < 1.29 is 4.74 Å². The molecule has 0 amide bonds. The Hall–Kier alpha value is -1.53. The molecule has 1 aromatic rings. The van der Waals surface area contributed by atoms with Gasteiger partial charge in [0.15, 0.2) is 0 Å². The van der Waals surface area contributed by atoms with Crippen LogP contribution in [0.3, 0.4) is 0 Å². The zero-order valence-corrected chi connectivity index (χ0v) is 13.2. The average Bonchev–Trinajstić information content (AvgIpc) is 2.54. The Morgan fingerprint density at radius 1 is 1.24 bits per heavy atom. The van der Waals surface area contributed by atoms with Crippen LogP contribution in [-0.4, -0.2) is 19.2 Å². The van der Waals surface area contributed by atoms with Crippen LogP contribution in [0, 0.1) is 11.3 Å². The molecule has 1 atom stereocenters. The minimum atomic E-state index is -0.411. The van der Waals surface area contributed by atoms with E-state index < -0.39 is 5.54 Å². The van der Waals surface area contributed by atoms with Crippen LogP contribution in [0.2, 0.25) is 0 Å². The molecule has 0 saturated carbocycles. The van der Waals surface area contributed by atoms with E-state index in [1.54, 1.807) is 0 Å². The zero-order valence-electron chi connectivity index (χ0n) is 13.2. The van der Waals surface area contributed by atoms with Gasteiger partial charge in [0, 0.05) is 0 Å². The first kappa shape index (κ1) is 15.9. The molecule has 1 N–H and O–H groups in total. The predicted molar refractivity (Wildman–Crippen MR) is 85.5 cm³/mol. The van der Waals surface area contributed by atoms with Gasteiger partial charge in [0.25, 0.3) is 0 Å². The molecule has 2 rings (SSSR count). The number of nitrogens with one attached hydrogen (secondary N) is 1. The highest BCUT2D eigenvalue weighted by Gasteiger charge is 2.19. The smallest absolute Gasteiger partial charge is 0.119 e. The molecule has 114 valence electrons. The van der Waals surface area contributed by atoms with Gasteiger partial charge in [0.2, 0.25) is 0 Å². The van der Waals surface area contributed by atoms with Crippen LogP contribution in [0.5, 0.6) is 5.75 Å². The van der Waals surface area contributed by atoms with Crippen molar-refractivity contribution in [3.05, 3.63) is 29.3 Å². The van der Waals surface area contributed by atoms with Gasteiger partial charge >= 0.3 is 0 Å². The fraction of sp³-hybridized carbons (Fsp3) is 0.611. The summed E-state index contributed by atoms with van der Waals surface area (Å²) in [6, 6.07) is 8.84. The van der Waals surface area contributed by atoms with E-state index in [2.05, 4.69) is 29.6 Å². The first-order valence-corrected chi connectivity index (χ1v) is 8.02. The third kappa shape index (κ3) is 4.47. The monoisotopic (exact) mass is 286 g/mol. The maximum atomic E-state index is 9.09. The van der Waals surface area contributed by atoms with E-state index in [-0.39, 0.29) is 0 Å². The lowest BCUT2D eigenvalue weighted by Gasteiger charge is -2.20. The van der Waals surface area contributed by atoms with Gasteiger partial charge in [-0.1, -0.05) is 6.07 Å². The Labute approximate surface area is 128 Å². The molecule has 21 heavy (non-hydrogen) atoms. The molecule has 0 bridgehead atoms. The molecule has 0 fully saturated rings. The topological polar surface area (TPSA) is 45.0 Å². The minimum absolute atomic E-state index is 0.411. The van der Waals surface area contributed by atoms with Gasteiger partial charge in [-0.2, -0.15) is 5.26 Å². The highest BCUT2D eigenvalue weighted by Crippen LogP contribution is 2.25.